The Morgan fingerprint density at radius 1 is 1.37 bits per heavy atom. The van der Waals surface area contributed by atoms with Gasteiger partial charge in [0.1, 0.15) is 0 Å². The van der Waals surface area contributed by atoms with E-state index < -0.39 is 11.9 Å². The molecule has 1 amide bonds. The first kappa shape index (κ1) is 12.6. The quantitative estimate of drug-likeness (QED) is 0.927. The molecule has 0 spiro atoms. The van der Waals surface area contributed by atoms with Crippen LogP contribution in [0, 0.1) is 11.8 Å². The average molecular weight is 295 g/mol. The van der Waals surface area contributed by atoms with E-state index in [1.54, 1.807) is 16.2 Å². The molecule has 0 radical (unpaired) electrons. The zero-order valence-corrected chi connectivity index (χ0v) is 12.0. The van der Waals surface area contributed by atoms with Crippen molar-refractivity contribution in [1.29, 1.82) is 0 Å². The largest absolute Gasteiger partial charge is 0.481 e. The Labute approximate surface area is 118 Å². The second-order valence-electron chi connectivity index (χ2n) is 4.89. The SMILES string of the molecule is CC1CN(C(=O)c2cc3sccc3s2)CC1C(=O)O. The lowest BCUT2D eigenvalue weighted by molar-refractivity contribution is -0.142. The average Bonchev–Trinajstić information content (AvgIpc) is 2.99. The second-order valence-corrected chi connectivity index (χ2v) is 6.92. The molecule has 3 heterocycles. The molecule has 0 saturated carbocycles. The Morgan fingerprint density at radius 2 is 2.16 bits per heavy atom. The summed E-state index contributed by atoms with van der Waals surface area (Å²) in [6, 6.07) is 3.92. The van der Waals surface area contributed by atoms with E-state index in [1.807, 2.05) is 24.4 Å². The van der Waals surface area contributed by atoms with Crippen LogP contribution in [0.15, 0.2) is 17.5 Å². The third kappa shape index (κ3) is 2.15. The summed E-state index contributed by atoms with van der Waals surface area (Å²) in [4.78, 5) is 25.8. The molecular formula is C13H13NO3S2. The van der Waals surface area contributed by atoms with Gasteiger partial charge in [-0.05, 0) is 23.4 Å². The Bertz CT molecular complexity index is 617. The van der Waals surface area contributed by atoms with Gasteiger partial charge < -0.3 is 10.0 Å². The maximum atomic E-state index is 12.4. The number of likely N-dealkylation sites (tertiary alicyclic amines) is 1. The number of amides is 1. The molecule has 1 fully saturated rings. The smallest absolute Gasteiger partial charge is 0.308 e. The second kappa shape index (κ2) is 4.61. The normalized spacial score (nSPS) is 23.1. The Kier molecular flexibility index (Phi) is 3.06. The van der Waals surface area contributed by atoms with Gasteiger partial charge in [-0.2, -0.15) is 0 Å². The van der Waals surface area contributed by atoms with Gasteiger partial charge in [0.15, 0.2) is 0 Å². The van der Waals surface area contributed by atoms with Gasteiger partial charge in [-0.15, -0.1) is 22.7 Å². The van der Waals surface area contributed by atoms with Crippen LogP contribution in [-0.2, 0) is 4.79 Å². The summed E-state index contributed by atoms with van der Waals surface area (Å²) >= 11 is 3.10. The van der Waals surface area contributed by atoms with Crippen LogP contribution in [0.5, 0.6) is 0 Å². The maximum Gasteiger partial charge on any atom is 0.308 e. The number of carbonyl (C=O) groups is 2. The summed E-state index contributed by atoms with van der Waals surface area (Å²) in [5.74, 6) is -1.27. The number of hydrogen-bond donors (Lipinski definition) is 1. The molecule has 6 heteroatoms. The van der Waals surface area contributed by atoms with E-state index in [0.29, 0.717) is 18.0 Å². The van der Waals surface area contributed by atoms with E-state index in [0.717, 1.165) is 9.40 Å². The molecule has 2 atom stereocenters. The van der Waals surface area contributed by atoms with Gasteiger partial charge in [0.2, 0.25) is 0 Å². The molecule has 3 rings (SSSR count). The van der Waals surface area contributed by atoms with Crippen LogP contribution in [0.2, 0.25) is 0 Å². The number of carbonyl (C=O) groups excluding carboxylic acids is 1. The van der Waals surface area contributed by atoms with E-state index in [4.69, 9.17) is 5.11 Å². The Morgan fingerprint density at radius 3 is 2.79 bits per heavy atom. The molecule has 1 saturated heterocycles. The fourth-order valence-corrected chi connectivity index (χ4v) is 4.56. The minimum absolute atomic E-state index is 0.0162. The molecule has 100 valence electrons. The van der Waals surface area contributed by atoms with Gasteiger partial charge in [0.25, 0.3) is 5.91 Å². The zero-order chi connectivity index (χ0) is 13.6. The highest BCUT2D eigenvalue weighted by molar-refractivity contribution is 7.27. The number of aliphatic carboxylic acids is 1. The lowest BCUT2D eigenvalue weighted by Gasteiger charge is -2.14. The topological polar surface area (TPSA) is 57.6 Å². The fraction of sp³-hybridized carbons (Fsp3) is 0.385. The molecule has 2 aromatic rings. The van der Waals surface area contributed by atoms with Crippen molar-refractivity contribution in [2.75, 3.05) is 13.1 Å². The summed E-state index contributed by atoms with van der Waals surface area (Å²) in [5, 5.41) is 11.1. The molecule has 0 aromatic carbocycles. The standard InChI is InChI=1S/C13H13NO3S2/c1-7-5-14(6-8(7)13(16)17)12(15)11-4-10-9(19-11)2-3-18-10/h2-4,7-8H,5-6H2,1H3,(H,16,17). The fourth-order valence-electron chi connectivity index (χ4n) is 2.48. The molecule has 0 aliphatic carbocycles. The zero-order valence-electron chi connectivity index (χ0n) is 10.3. The minimum atomic E-state index is -0.810. The Balaban J connectivity index is 1.81. The van der Waals surface area contributed by atoms with Gasteiger partial charge in [0.05, 0.1) is 10.8 Å². The lowest BCUT2D eigenvalue weighted by atomic mass is 9.99. The number of nitrogens with zero attached hydrogens (tertiary/aromatic N) is 1. The van der Waals surface area contributed by atoms with Crippen LogP contribution in [0.3, 0.4) is 0 Å². The molecule has 19 heavy (non-hydrogen) atoms. The molecule has 1 N–H and O–H groups in total. The van der Waals surface area contributed by atoms with E-state index in [2.05, 4.69) is 0 Å². The molecule has 2 aromatic heterocycles. The summed E-state index contributed by atoms with van der Waals surface area (Å²) in [7, 11) is 0. The van der Waals surface area contributed by atoms with Crippen LogP contribution in [-0.4, -0.2) is 35.0 Å². The summed E-state index contributed by atoms with van der Waals surface area (Å²) < 4.78 is 2.24. The number of carboxylic acid groups (broad SMARTS) is 1. The molecule has 4 nitrogen and oxygen atoms in total. The van der Waals surface area contributed by atoms with Crippen molar-refractivity contribution in [3.05, 3.63) is 22.4 Å². The monoisotopic (exact) mass is 295 g/mol. The van der Waals surface area contributed by atoms with Crippen molar-refractivity contribution in [3.8, 4) is 0 Å². The Hall–Kier alpha value is -1.40. The highest BCUT2D eigenvalue weighted by Crippen LogP contribution is 2.32. The highest BCUT2D eigenvalue weighted by atomic mass is 32.1. The van der Waals surface area contributed by atoms with Crippen LogP contribution >= 0.6 is 22.7 Å². The number of hydrogen-bond acceptors (Lipinski definition) is 4. The predicted molar refractivity (Wildman–Crippen MR) is 75.9 cm³/mol. The van der Waals surface area contributed by atoms with E-state index in [-0.39, 0.29) is 11.8 Å². The first-order valence-electron chi connectivity index (χ1n) is 6.05. The molecule has 2 unspecified atom stereocenters. The van der Waals surface area contributed by atoms with Crippen LogP contribution in [0.1, 0.15) is 16.6 Å². The third-order valence-corrected chi connectivity index (χ3v) is 5.65. The van der Waals surface area contributed by atoms with E-state index >= 15 is 0 Å². The van der Waals surface area contributed by atoms with Gasteiger partial charge >= 0.3 is 5.97 Å². The number of fused-ring (bicyclic) bond motifs is 1. The third-order valence-electron chi connectivity index (χ3n) is 3.57. The molecular weight excluding hydrogens is 282 g/mol. The van der Waals surface area contributed by atoms with E-state index in [1.165, 1.54) is 11.3 Å². The first-order chi connectivity index (χ1) is 9.06. The predicted octanol–water partition coefficient (Wildman–Crippen LogP) is 2.76. The van der Waals surface area contributed by atoms with Crippen molar-refractivity contribution in [1.82, 2.24) is 4.90 Å². The van der Waals surface area contributed by atoms with Gasteiger partial charge in [-0.1, -0.05) is 6.92 Å². The van der Waals surface area contributed by atoms with Crippen LogP contribution in [0.25, 0.3) is 9.40 Å². The molecule has 1 aliphatic heterocycles. The van der Waals surface area contributed by atoms with E-state index in [9.17, 15) is 9.59 Å². The van der Waals surface area contributed by atoms with Crippen molar-refractivity contribution >= 4 is 43.9 Å². The van der Waals surface area contributed by atoms with Gasteiger partial charge in [0, 0.05) is 22.5 Å². The number of carboxylic acids is 1. The highest BCUT2D eigenvalue weighted by Gasteiger charge is 2.37. The van der Waals surface area contributed by atoms with Crippen molar-refractivity contribution in [2.45, 2.75) is 6.92 Å². The first-order valence-corrected chi connectivity index (χ1v) is 7.75. The van der Waals surface area contributed by atoms with Gasteiger partial charge in [-0.25, -0.2) is 0 Å². The number of thiophene rings is 2. The lowest BCUT2D eigenvalue weighted by Crippen LogP contribution is -2.29. The summed E-state index contributed by atoms with van der Waals surface area (Å²) in [5.41, 5.74) is 0. The van der Waals surface area contributed by atoms with Crippen molar-refractivity contribution in [2.24, 2.45) is 11.8 Å². The molecule has 0 bridgehead atoms. The van der Waals surface area contributed by atoms with Crippen LogP contribution in [0.4, 0.5) is 0 Å². The summed E-state index contributed by atoms with van der Waals surface area (Å²) in [6.45, 7) is 2.74. The summed E-state index contributed by atoms with van der Waals surface area (Å²) in [6.07, 6.45) is 0. The van der Waals surface area contributed by atoms with Gasteiger partial charge in [-0.3, -0.25) is 9.59 Å². The minimum Gasteiger partial charge on any atom is -0.481 e. The van der Waals surface area contributed by atoms with Crippen LogP contribution < -0.4 is 0 Å². The van der Waals surface area contributed by atoms with Crippen molar-refractivity contribution < 1.29 is 14.7 Å². The van der Waals surface area contributed by atoms with Crippen molar-refractivity contribution in [3.63, 3.8) is 0 Å². The number of rotatable bonds is 2. The molecule has 1 aliphatic rings. The maximum absolute atomic E-state index is 12.4.